The number of nitrogens with one attached hydrogen (secondary N) is 1. The molecule has 1 aromatic rings. The predicted molar refractivity (Wildman–Crippen MR) is 79.4 cm³/mol. The van der Waals surface area contributed by atoms with E-state index < -0.39 is 15.8 Å². The molecule has 0 radical (unpaired) electrons. The fraction of sp³-hybridized carbons (Fsp3) is 0.455. The second kappa shape index (κ2) is 6.15. The summed E-state index contributed by atoms with van der Waals surface area (Å²) in [6.07, 6.45) is 0.569. The Hall–Kier alpha value is -1.06. The Kier molecular flexibility index (Phi) is 4.71. The number of sulfone groups is 1. The smallest absolute Gasteiger partial charge is 0.338 e. The summed E-state index contributed by atoms with van der Waals surface area (Å²) in [5, 5.41) is 13.3. The standard InChI is InChI=1S/C11H13NO5S3/c13-9(5-19-7-2-4-20(16,17)6-7)12-10-8(11(14)15)1-3-18-10/h1,3,7H,2,4-6H2,(H,12,13)(H,14,15). The van der Waals surface area contributed by atoms with Gasteiger partial charge in [0.15, 0.2) is 9.84 Å². The van der Waals surface area contributed by atoms with E-state index in [1.54, 1.807) is 5.38 Å². The number of rotatable bonds is 5. The van der Waals surface area contributed by atoms with E-state index in [0.717, 1.165) is 11.3 Å². The summed E-state index contributed by atoms with van der Waals surface area (Å²) in [5.74, 6) is -0.984. The lowest BCUT2D eigenvalue weighted by molar-refractivity contribution is -0.113. The molecular weight excluding hydrogens is 322 g/mol. The van der Waals surface area contributed by atoms with Crippen LogP contribution in [0.2, 0.25) is 0 Å². The largest absolute Gasteiger partial charge is 0.478 e. The zero-order valence-corrected chi connectivity index (χ0v) is 12.8. The van der Waals surface area contributed by atoms with Crippen molar-refractivity contribution in [1.82, 2.24) is 0 Å². The van der Waals surface area contributed by atoms with Crippen molar-refractivity contribution in [3.63, 3.8) is 0 Å². The van der Waals surface area contributed by atoms with Gasteiger partial charge in [-0.25, -0.2) is 13.2 Å². The van der Waals surface area contributed by atoms with Crippen molar-refractivity contribution >= 4 is 49.8 Å². The molecule has 2 rings (SSSR count). The maximum absolute atomic E-state index is 11.7. The number of hydrogen-bond acceptors (Lipinski definition) is 6. The van der Waals surface area contributed by atoms with Crippen LogP contribution in [0.25, 0.3) is 0 Å². The molecule has 20 heavy (non-hydrogen) atoms. The summed E-state index contributed by atoms with van der Waals surface area (Å²) in [4.78, 5) is 22.6. The summed E-state index contributed by atoms with van der Waals surface area (Å²) < 4.78 is 22.6. The van der Waals surface area contributed by atoms with Crippen molar-refractivity contribution in [2.75, 3.05) is 22.6 Å². The second-order valence-corrected chi connectivity index (χ2v) is 8.79. The predicted octanol–water partition coefficient (Wildman–Crippen LogP) is 1.31. The van der Waals surface area contributed by atoms with Crippen LogP contribution >= 0.6 is 23.1 Å². The Labute approximate surface area is 124 Å². The van der Waals surface area contributed by atoms with E-state index in [9.17, 15) is 18.0 Å². The first-order valence-corrected chi connectivity index (χ1v) is 9.55. The monoisotopic (exact) mass is 335 g/mol. The minimum atomic E-state index is -2.94. The van der Waals surface area contributed by atoms with Gasteiger partial charge in [-0.3, -0.25) is 4.79 Å². The fourth-order valence-electron chi connectivity index (χ4n) is 1.82. The molecule has 0 spiro atoms. The summed E-state index contributed by atoms with van der Waals surface area (Å²) in [6.45, 7) is 0. The number of anilines is 1. The van der Waals surface area contributed by atoms with Gasteiger partial charge in [-0.05, 0) is 17.9 Å². The van der Waals surface area contributed by atoms with Gasteiger partial charge in [-0.2, -0.15) is 0 Å². The van der Waals surface area contributed by atoms with Crippen LogP contribution in [0.5, 0.6) is 0 Å². The van der Waals surface area contributed by atoms with Crippen LogP contribution in [0.3, 0.4) is 0 Å². The molecule has 1 amide bonds. The second-order valence-electron chi connectivity index (χ2n) is 4.35. The number of hydrogen-bond donors (Lipinski definition) is 2. The van der Waals surface area contributed by atoms with Gasteiger partial charge in [0.1, 0.15) is 5.00 Å². The Bertz CT molecular complexity index is 622. The molecule has 1 fully saturated rings. The molecule has 1 aromatic heterocycles. The highest BCUT2D eigenvalue weighted by Gasteiger charge is 2.28. The molecule has 1 aliphatic heterocycles. The lowest BCUT2D eigenvalue weighted by atomic mass is 10.3. The fourth-order valence-corrected chi connectivity index (χ4v) is 6.06. The van der Waals surface area contributed by atoms with Gasteiger partial charge in [0.25, 0.3) is 0 Å². The molecule has 2 heterocycles. The molecule has 1 saturated heterocycles. The average Bonchev–Trinajstić information content (AvgIpc) is 2.93. The Balaban J connectivity index is 1.84. The average molecular weight is 335 g/mol. The normalized spacial score (nSPS) is 20.7. The molecule has 0 saturated carbocycles. The van der Waals surface area contributed by atoms with Crippen molar-refractivity contribution < 1.29 is 23.1 Å². The molecule has 110 valence electrons. The maximum Gasteiger partial charge on any atom is 0.338 e. The van der Waals surface area contributed by atoms with E-state index in [-0.39, 0.29) is 34.0 Å². The Morgan fingerprint density at radius 3 is 2.85 bits per heavy atom. The van der Waals surface area contributed by atoms with Gasteiger partial charge >= 0.3 is 5.97 Å². The van der Waals surface area contributed by atoms with E-state index in [4.69, 9.17) is 5.11 Å². The molecule has 9 heteroatoms. The van der Waals surface area contributed by atoms with Crippen LogP contribution in [0.1, 0.15) is 16.8 Å². The molecule has 0 aliphatic carbocycles. The van der Waals surface area contributed by atoms with Gasteiger partial charge in [-0.15, -0.1) is 23.1 Å². The summed E-state index contributed by atoms with van der Waals surface area (Å²) in [7, 11) is -2.94. The highest BCUT2D eigenvalue weighted by atomic mass is 32.2. The SMILES string of the molecule is O=C(CSC1CCS(=O)(=O)C1)Nc1sccc1C(=O)O. The van der Waals surface area contributed by atoms with Gasteiger partial charge in [0, 0.05) is 5.25 Å². The van der Waals surface area contributed by atoms with Gasteiger partial charge < -0.3 is 10.4 Å². The van der Waals surface area contributed by atoms with Crippen molar-refractivity contribution in [3.05, 3.63) is 17.0 Å². The number of carbonyl (C=O) groups excluding carboxylic acids is 1. The minimum absolute atomic E-state index is 0.0481. The molecule has 1 aliphatic rings. The zero-order chi connectivity index (χ0) is 14.8. The molecule has 1 unspecified atom stereocenters. The van der Waals surface area contributed by atoms with Crippen molar-refractivity contribution in [2.45, 2.75) is 11.7 Å². The maximum atomic E-state index is 11.7. The van der Waals surface area contributed by atoms with E-state index >= 15 is 0 Å². The van der Waals surface area contributed by atoms with Crippen LogP contribution in [0.4, 0.5) is 5.00 Å². The van der Waals surface area contributed by atoms with Crippen molar-refractivity contribution in [2.24, 2.45) is 0 Å². The number of carboxylic acid groups (broad SMARTS) is 1. The number of amides is 1. The molecule has 6 nitrogen and oxygen atoms in total. The molecule has 0 bridgehead atoms. The van der Waals surface area contributed by atoms with Crippen LogP contribution in [0.15, 0.2) is 11.4 Å². The number of carboxylic acids is 1. The third-order valence-corrected chi connectivity index (χ3v) is 6.90. The van der Waals surface area contributed by atoms with Crippen LogP contribution in [-0.2, 0) is 14.6 Å². The number of thiophene rings is 1. The number of aromatic carboxylic acids is 1. The summed E-state index contributed by atoms with van der Waals surface area (Å²) in [5.41, 5.74) is 0.0665. The lowest BCUT2D eigenvalue weighted by Gasteiger charge is -2.07. The highest BCUT2D eigenvalue weighted by Crippen LogP contribution is 2.26. The van der Waals surface area contributed by atoms with Gasteiger partial charge in [0.05, 0.1) is 22.8 Å². The van der Waals surface area contributed by atoms with E-state index in [2.05, 4.69) is 5.32 Å². The van der Waals surface area contributed by atoms with Crippen LogP contribution in [-0.4, -0.2) is 47.9 Å². The topological polar surface area (TPSA) is 101 Å². The van der Waals surface area contributed by atoms with Gasteiger partial charge in [0.2, 0.25) is 5.91 Å². The first-order valence-electron chi connectivity index (χ1n) is 5.80. The van der Waals surface area contributed by atoms with E-state index in [0.29, 0.717) is 11.4 Å². The van der Waals surface area contributed by atoms with Crippen molar-refractivity contribution in [1.29, 1.82) is 0 Å². The first kappa shape index (κ1) is 15.3. The quantitative estimate of drug-likeness (QED) is 0.841. The van der Waals surface area contributed by atoms with Gasteiger partial charge in [-0.1, -0.05) is 0 Å². The first-order chi connectivity index (χ1) is 9.37. The van der Waals surface area contributed by atoms with Crippen molar-refractivity contribution in [3.8, 4) is 0 Å². The number of carbonyl (C=O) groups is 2. The third kappa shape index (κ3) is 3.97. The lowest BCUT2D eigenvalue weighted by Crippen LogP contribution is -2.17. The van der Waals surface area contributed by atoms with Crippen LogP contribution in [0, 0.1) is 0 Å². The number of thioether (sulfide) groups is 1. The molecule has 2 N–H and O–H groups in total. The summed E-state index contributed by atoms with van der Waals surface area (Å²) >= 11 is 2.44. The van der Waals surface area contributed by atoms with Crippen LogP contribution < -0.4 is 5.32 Å². The minimum Gasteiger partial charge on any atom is -0.478 e. The Morgan fingerprint density at radius 2 is 2.25 bits per heavy atom. The summed E-state index contributed by atoms with van der Waals surface area (Å²) in [6, 6.07) is 1.43. The highest BCUT2D eigenvalue weighted by molar-refractivity contribution is 8.02. The molecule has 0 aromatic carbocycles. The molecular formula is C11H13NO5S3. The van der Waals surface area contributed by atoms with E-state index in [1.807, 2.05) is 0 Å². The molecule has 1 atom stereocenters. The third-order valence-electron chi connectivity index (χ3n) is 2.79. The van der Waals surface area contributed by atoms with E-state index in [1.165, 1.54) is 17.8 Å². The zero-order valence-electron chi connectivity index (χ0n) is 10.4. The Morgan fingerprint density at radius 1 is 1.50 bits per heavy atom.